The van der Waals surface area contributed by atoms with Crippen LogP contribution in [-0.4, -0.2) is 26.1 Å². The summed E-state index contributed by atoms with van der Waals surface area (Å²) in [6.07, 6.45) is 4.45. The highest BCUT2D eigenvalue weighted by Crippen LogP contribution is 2.35. The molecule has 6 nitrogen and oxygen atoms in total. The number of nitrogens with one attached hydrogen (secondary N) is 1. The maximum Gasteiger partial charge on any atom is 0.220 e. The second-order valence-corrected chi connectivity index (χ2v) is 7.04. The summed E-state index contributed by atoms with van der Waals surface area (Å²) in [6, 6.07) is 15.1. The number of tetrazole rings is 1. The van der Waals surface area contributed by atoms with Gasteiger partial charge in [0.15, 0.2) is 5.82 Å². The predicted octanol–water partition coefficient (Wildman–Crippen LogP) is 3.36. The molecule has 2 aromatic carbocycles. The molecule has 1 saturated carbocycles. The number of aryl methyl sites for hydroxylation is 1. The fourth-order valence-corrected chi connectivity index (χ4v) is 3.29. The lowest BCUT2D eigenvalue weighted by molar-refractivity contribution is -0.121. The lowest BCUT2D eigenvalue weighted by Gasteiger charge is -2.13. The van der Waals surface area contributed by atoms with Gasteiger partial charge in [0.25, 0.3) is 0 Å². The van der Waals surface area contributed by atoms with Gasteiger partial charge in [-0.25, -0.2) is 4.68 Å². The Hall–Kier alpha value is -2.76. The van der Waals surface area contributed by atoms with Crippen molar-refractivity contribution in [3.63, 3.8) is 0 Å². The molecule has 1 aliphatic carbocycles. The fourth-order valence-electron chi connectivity index (χ4n) is 3.29. The summed E-state index contributed by atoms with van der Waals surface area (Å²) in [7, 11) is 0. The Kier molecular flexibility index (Phi) is 4.65. The van der Waals surface area contributed by atoms with Gasteiger partial charge in [-0.05, 0) is 59.4 Å². The summed E-state index contributed by atoms with van der Waals surface area (Å²) in [6.45, 7) is 1.94. The molecular formula is C20H23N5O. The van der Waals surface area contributed by atoms with Crippen molar-refractivity contribution in [1.82, 2.24) is 25.5 Å². The average molecular weight is 349 g/mol. The highest BCUT2D eigenvalue weighted by atomic mass is 16.1. The van der Waals surface area contributed by atoms with Crippen molar-refractivity contribution < 1.29 is 4.79 Å². The van der Waals surface area contributed by atoms with Crippen LogP contribution in [0.1, 0.15) is 56.1 Å². The van der Waals surface area contributed by atoms with E-state index in [1.54, 1.807) is 0 Å². The van der Waals surface area contributed by atoms with Gasteiger partial charge < -0.3 is 5.32 Å². The molecule has 0 bridgehead atoms. The summed E-state index contributed by atoms with van der Waals surface area (Å²) in [5, 5.41) is 17.4. The van der Waals surface area contributed by atoms with Crippen LogP contribution >= 0.6 is 0 Å². The number of aromatic nitrogens is 4. The molecule has 6 heteroatoms. The van der Waals surface area contributed by atoms with E-state index in [0.29, 0.717) is 12.5 Å². The van der Waals surface area contributed by atoms with Gasteiger partial charge in [-0.3, -0.25) is 4.79 Å². The SMILES string of the molecule is C[C@@H](NC(=O)CCCc1ccc2ccccc2c1)c1nnnn1C1CC1. The van der Waals surface area contributed by atoms with E-state index in [9.17, 15) is 4.79 Å². The van der Waals surface area contributed by atoms with Gasteiger partial charge in [-0.1, -0.05) is 42.5 Å². The van der Waals surface area contributed by atoms with Crippen molar-refractivity contribution in [2.45, 2.75) is 51.1 Å². The molecule has 1 heterocycles. The van der Waals surface area contributed by atoms with Crippen LogP contribution in [-0.2, 0) is 11.2 Å². The molecule has 0 spiro atoms. The minimum absolute atomic E-state index is 0.0450. The molecule has 1 atom stereocenters. The first-order valence-electron chi connectivity index (χ1n) is 9.25. The van der Waals surface area contributed by atoms with Gasteiger partial charge in [0.1, 0.15) is 0 Å². The summed E-state index contributed by atoms with van der Waals surface area (Å²) < 4.78 is 1.85. The Morgan fingerprint density at radius 1 is 1.23 bits per heavy atom. The first kappa shape index (κ1) is 16.7. The number of rotatable bonds is 7. The van der Waals surface area contributed by atoms with E-state index < -0.39 is 0 Å². The van der Waals surface area contributed by atoms with E-state index in [1.165, 1.54) is 16.3 Å². The zero-order valence-corrected chi connectivity index (χ0v) is 14.9. The summed E-state index contributed by atoms with van der Waals surface area (Å²) in [4.78, 5) is 12.3. The molecule has 1 N–H and O–H groups in total. The maximum atomic E-state index is 12.3. The van der Waals surface area contributed by atoms with Crippen LogP contribution in [0.2, 0.25) is 0 Å². The third-order valence-corrected chi connectivity index (χ3v) is 4.86. The van der Waals surface area contributed by atoms with Crippen LogP contribution in [0.5, 0.6) is 0 Å². The zero-order chi connectivity index (χ0) is 17.9. The molecule has 0 saturated heterocycles. The van der Waals surface area contributed by atoms with Crippen molar-refractivity contribution in [2.24, 2.45) is 0 Å². The normalized spacial score (nSPS) is 15.1. The van der Waals surface area contributed by atoms with E-state index in [2.05, 4.69) is 57.2 Å². The van der Waals surface area contributed by atoms with E-state index in [0.717, 1.165) is 31.5 Å². The van der Waals surface area contributed by atoms with Crippen molar-refractivity contribution in [3.05, 3.63) is 53.9 Å². The van der Waals surface area contributed by atoms with E-state index in [-0.39, 0.29) is 11.9 Å². The summed E-state index contributed by atoms with van der Waals surface area (Å²) in [5.41, 5.74) is 1.27. The Morgan fingerprint density at radius 3 is 2.85 bits per heavy atom. The topological polar surface area (TPSA) is 72.7 Å². The van der Waals surface area contributed by atoms with E-state index in [1.807, 2.05) is 17.7 Å². The molecule has 1 aliphatic rings. The average Bonchev–Trinajstić information content (AvgIpc) is 3.37. The van der Waals surface area contributed by atoms with Crippen molar-refractivity contribution in [1.29, 1.82) is 0 Å². The fraction of sp³-hybridized carbons (Fsp3) is 0.400. The highest BCUT2D eigenvalue weighted by Gasteiger charge is 2.29. The molecule has 1 aromatic heterocycles. The minimum atomic E-state index is -0.168. The molecule has 0 radical (unpaired) electrons. The molecule has 0 aliphatic heterocycles. The van der Waals surface area contributed by atoms with Crippen molar-refractivity contribution in [2.75, 3.05) is 0 Å². The van der Waals surface area contributed by atoms with Crippen molar-refractivity contribution in [3.8, 4) is 0 Å². The smallest absolute Gasteiger partial charge is 0.220 e. The van der Waals surface area contributed by atoms with Crippen molar-refractivity contribution >= 4 is 16.7 Å². The van der Waals surface area contributed by atoms with Crippen LogP contribution in [0.25, 0.3) is 10.8 Å². The highest BCUT2D eigenvalue weighted by molar-refractivity contribution is 5.83. The number of hydrogen-bond donors (Lipinski definition) is 1. The third-order valence-electron chi connectivity index (χ3n) is 4.86. The number of carbonyl (C=O) groups is 1. The minimum Gasteiger partial charge on any atom is -0.346 e. The predicted molar refractivity (Wildman–Crippen MR) is 99.5 cm³/mol. The molecule has 26 heavy (non-hydrogen) atoms. The number of nitrogens with zero attached hydrogens (tertiary/aromatic N) is 4. The Bertz CT molecular complexity index is 915. The Balaban J connectivity index is 1.28. The molecule has 1 fully saturated rings. The molecule has 134 valence electrons. The third kappa shape index (κ3) is 3.74. The number of amides is 1. The van der Waals surface area contributed by atoms with Crippen LogP contribution in [0.3, 0.4) is 0 Å². The first-order valence-corrected chi connectivity index (χ1v) is 9.25. The van der Waals surface area contributed by atoms with Crippen LogP contribution in [0, 0.1) is 0 Å². The number of carbonyl (C=O) groups excluding carboxylic acids is 1. The van der Waals surface area contributed by atoms with Crippen LogP contribution in [0.15, 0.2) is 42.5 Å². The second-order valence-electron chi connectivity index (χ2n) is 7.04. The Labute approximate surface area is 152 Å². The number of hydrogen-bond acceptors (Lipinski definition) is 4. The summed E-state index contributed by atoms with van der Waals surface area (Å²) in [5.74, 6) is 0.791. The van der Waals surface area contributed by atoms with Gasteiger partial charge in [0, 0.05) is 6.42 Å². The van der Waals surface area contributed by atoms with Crippen LogP contribution < -0.4 is 5.32 Å². The van der Waals surface area contributed by atoms with Gasteiger partial charge in [-0.2, -0.15) is 0 Å². The quantitative estimate of drug-likeness (QED) is 0.710. The monoisotopic (exact) mass is 349 g/mol. The molecule has 3 aromatic rings. The van der Waals surface area contributed by atoms with Gasteiger partial charge >= 0.3 is 0 Å². The standard InChI is InChI=1S/C20H23N5O/c1-14(20-22-23-24-25(20)18-11-12-18)21-19(26)8-4-5-15-9-10-16-6-2-3-7-17(16)13-15/h2-3,6-7,9-10,13-14,18H,4-5,8,11-12H2,1H3,(H,21,26)/t14-/m1/s1. The Morgan fingerprint density at radius 2 is 2.04 bits per heavy atom. The number of fused-ring (bicyclic) bond motifs is 1. The molecular weight excluding hydrogens is 326 g/mol. The largest absolute Gasteiger partial charge is 0.346 e. The maximum absolute atomic E-state index is 12.3. The number of benzene rings is 2. The van der Waals surface area contributed by atoms with E-state index in [4.69, 9.17) is 0 Å². The molecule has 0 unspecified atom stereocenters. The lowest BCUT2D eigenvalue weighted by Crippen LogP contribution is -2.28. The van der Waals surface area contributed by atoms with Crippen LogP contribution in [0.4, 0.5) is 0 Å². The van der Waals surface area contributed by atoms with E-state index >= 15 is 0 Å². The zero-order valence-electron chi connectivity index (χ0n) is 14.9. The summed E-state index contributed by atoms with van der Waals surface area (Å²) >= 11 is 0. The van der Waals surface area contributed by atoms with Gasteiger partial charge in [-0.15, -0.1) is 5.10 Å². The van der Waals surface area contributed by atoms with Gasteiger partial charge in [0.05, 0.1) is 12.1 Å². The molecule has 1 amide bonds. The lowest BCUT2D eigenvalue weighted by atomic mass is 10.0. The first-order chi connectivity index (χ1) is 12.7. The second kappa shape index (κ2) is 7.23. The van der Waals surface area contributed by atoms with Gasteiger partial charge in [0.2, 0.25) is 5.91 Å². The molecule has 4 rings (SSSR count).